The molecule has 0 bridgehead atoms. The van der Waals surface area contributed by atoms with Crippen molar-refractivity contribution in [3.8, 4) is 0 Å². The Morgan fingerprint density at radius 3 is 2.36 bits per heavy atom. The number of allylic oxidation sites excluding steroid dienone is 1. The van der Waals surface area contributed by atoms with Gasteiger partial charge in [-0.25, -0.2) is 0 Å². The predicted octanol–water partition coefficient (Wildman–Crippen LogP) is 5.22. The Bertz CT molecular complexity index is 439. The highest BCUT2D eigenvalue weighted by Crippen LogP contribution is 2.28. The van der Waals surface area contributed by atoms with Crippen LogP contribution in [-0.4, -0.2) is 23.1 Å². The number of rotatable bonds is 11. The van der Waals surface area contributed by atoms with Gasteiger partial charge >= 0.3 is 11.9 Å². The zero-order valence-corrected chi connectivity index (χ0v) is 16.4. The first-order chi connectivity index (χ1) is 11.8. The van der Waals surface area contributed by atoms with Gasteiger partial charge in [-0.15, -0.1) is 0 Å². The van der Waals surface area contributed by atoms with Crippen molar-refractivity contribution in [1.82, 2.24) is 0 Å². The van der Waals surface area contributed by atoms with Crippen molar-refractivity contribution in [2.45, 2.75) is 85.2 Å². The van der Waals surface area contributed by atoms with Gasteiger partial charge in [0.1, 0.15) is 6.10 Å². The molecule has 0 aromatic rings. The highest BCUT2D eigenvalue weighted by Gasteiger charge is 2.35. The molecular weight excluding hydrogens is 316 g/mol. The van der Waals surface area contributed by atoms with Gasteiger partial charge in [-0.1, -0.05) is 59.1 Å². The first-order valence-electron chi connectivity index (χ1n) is 9.91. The van der Waals surface area contributed by atoms with E-state index in [0.717, 1.165) is 31.6 Å². The zero-order valence-electron chi connectivity index (χ0n) is 16.4. The first kappa shape index (κ1) is 21.7. The summed E-state index contributed by atoms with van der Waals surface area (Å²) in [6.45, 7) is 8.72. The smallest absolute Gasteiger partial charge is 0.313 e. The van der Waals surface area contributed by atoms with Crippen LogP contribution in [0, 0.1) is 23.7 Å². The van der Waals surface area contributed by atoms with Gasteiger partial charge in [0.25, 0.3) is 0 Å². The van der Waals surface area contributed by atoms with Gasteiger partial charge in [0, 0.05) is 0 Å². The van der Waals surface area contributed by atoms with Crippen molar-refractivity contribution in [3.63, 3.8) is 0 Å². The second kappa shape index (κ2) is 11.3. The first-order valence-corrected chi connectivity index (χ1v) is 9.91. The van der Waals surface area contributed by atoms with Gasteiger partial charge in [-0.3, -0.25) is 9.59 Å². The van der Waals surface area contributed by atoms with Crippen LogP contribution in [0.25, 0.3) is 0 Å². The molecule has 4 nitrogen and oxygen atoms in total. The summed E-state index contributed by atoms with van der Waals surface area (Å²) < 4.78 is 5.76. The molecule has 25 heavy (non-hydrogen) atoms. The number of unbranched alkanes of at least 4 members (excludes halogenated alkanes) is 2. The molecule has 0 fully saturated rings. The molecule has 0 spiro atoms. The third-order valence-electron chi connectivity index (χ3n) is 4.84. The fourth-order valence-electron chi connectivity index (χ4n) is 3.45. The van der Waals surface area contributed by atoms with E-state index in [-0.39, 0.29) is 12.1 Å². The van der Waals surface area contributed by atoms with Crippen molar-refractivity contribution >= 4 is 11.9 Å². The number of ether oxygens (including phenoxy) is 1. The molecule has 3 atom stereocenters. The monoisotopic (exact) mass is 352 g/mol. The van der Waals surface area contributed by atoms with E-state index in [0.29, 0.717) is 18.8 Å². The van der Waals surface area contributed by atoms with E-state index in [4.69, 9.17) is 4.74 Å². The van der Waals surface area contributed by atoms with Crippen LogP contribution >= 0.6 is 0 Å². The Morgan fingerprint density at radius 1 is 1.08 bits per heavy atom. The maximum atomic E-state index is 12.5. The lowest BCUT2D eigenvalue weighted by molar-refractivity contribution is -0.161. The van der Waals surface area contributed by atoms with E-state index in [9.17, 15) is 14.7 Å². The van der Waals surface area contributed by atoms with Crippen LogP contribution < -0.4 is 0 Å². The maximum Gasteiger partial charge on any atom is 0.313 e. The number of carboxylic acid groups (broad SMARTS) is 1. The lowest BCUT2D eigenvalue weighted by Crippen LogP contribution is -2.34. The highest BCUT2D eigenvalue weighted by atomic mass is 16.5. The molecule has 1 aliphatic carbocycles. The second-order valence-corrected chi connectivity index (χ2v) is 8.20. The Labute approximate surface area is 153 Å². The summed E-state index contributed by atoms with van der Waals surface area (Å²) in [5.41, 5.74) is 0. The van der Waals surface area contributed by atoms with Crippen LogP contribution in [0.3, 0.4) is 0 Å². The van der Waals surface area contributed by atoms with Gasteiger partial charge in [0.15, 0.2) is 0 Å². The van der Waals surface area contributed by atoms with Crippen molar-refractivity contribution in [3.05, 3.63) is 12.2 Å². The number of esters is 1. The van der Waals surface area contributed by atoms with Crippen LogP contribution in [0.15, 0.2) is 12.2 Å². The molecule has 1 N–H and O–H groups in total. The molecule has 0 radical (unpaired) electrons. The van der Waals surface area contributed by atoms with E-state index in [1.165, 1.54) is 12.8 Å². The molecule has 4 heteroatoms. The molecule has 1 rings (SSSR count). The zero-order chi connectivity index (χ0) is 18.8. The highest BCUT2D eigenvalue weighted by molar-refractivity contribution is 5.83. The largest absolute Gasteiger partial charge is 0.481 e. The summed E-state index contributed by atoms with van der Waals surface area (Å²) in [7, 11) is 0. The summed E-state index contributed by atoms with van der Waals surface area (Å²) >= 11 is 0. The predicted molar refractivity (Wildman–Crippen MR) is 100 cm³/mol. The molecule has 1 aliphatic rings. The van der Waals surface area contributed by atoms with Crippen LogP contribution in [-0.2, 0) is 14.3 Å². The molecule has 0 saturated heterocycles. The summed E-state index contributed by atoms with van der Waals surface area (Å²) in [5.74, 6) is -1.37. The number of hydrogen-bond donors (Lipinski definition) is 1. The van der Waals surface area contributed by atoms with E-state index in [2.05, 4.69) is 27.7 Å². The molecule has 0 aliphatic heterocycles. The molecule has 0 amide bonds. The van der Waals surface area contributed by atoms with Gasteiger partial charge < -0.3 is 9.84 Å². The molecule has 0 aromatic heterocycles. The molecular formula is C21H36O4. The number of hydrogen-bond acceptors (Lipinski definition) is 3. The Hall–Kier alpha value is -1.32. The minimum atomic E-state index is -0.902. The number of aliphatic carboxylic acids is 1. The van der Waals surface area contributed by atoms with E-state index in [1.807, 2.05) is 6.08 Å². The fourth-order valence-corrected chi connectivity index (χ4v) is 3.45. The lowest BCUT2D eigenvalue weighted by atomic mass is 9.84. The summed E-state index contributed by atoms with van der Waals surface area (Å²) in [4.78, 5) is 23.9. The van der Waals surface area contributed by atoms with E-state index < -0.39 is 17.8 Å². The SMILES string of the molecule is CC(C)CCCCCC(CC(C)C)OC(=O)C1C=CCCC1C(=O)O. The Morgan fingerprint density at radius 2 is 1.76 bits per heavy atom. The van der Waals surface area contributed by atoms with E-state index >= 15 is 0 Å². The van der Waals surface area contributed by atoms with Crippen LogP contribution in [0.5, 0.6) is 0 Å². The topological polar surface area (TPSA) is 63.6 Å². The lowest BCUT2D eigenvalue weighted by Gasteiger charge is -2.26. The molecule has 0 saturated carbocycles. The Kier molecular flexibility index (Phi) is 9.84. The molecule has 0 heterocycles. The minimum Gasteiger partial charge on any atom is -0.481 e. The summed E-state index contributed by atoms with van der Waals surface area (Å²) in [6, 6.07) is 0. The quantitative estimate of drug-likeness (QED) is 0.315. The standard InChI is InChI=1S/C21H36O4/c1-15(2)10-6-5-7-11-17(14-16(3)4)25-21(24)19-13-9-8-12-18(19)20(22)23/h9,13,15-19H,5-8,10-12,14H2,1-4H3,(H,22,23). The van der Waals surface area contributed by atoms with Crippen molar-refractivity contribution < 1.29 is 19.4 Å². The number of carbonyl (C=O) groups excluding carboxylic acids is 1. The molecule has 3 unspecified atom stereocenters. The van der Waals surface area contributed by atoms with Crippen LogP contribution in [0.2, 0.25) is 0 Å². The normalized spacial score (nSPS) is 21.5. The van der Waals surface area contributed by atoms with Crippen molar-refractivity contribution in [2.75, 3.05) is 0 Å². The van der Waals surface area contributed by atoms with Crippen molar-refractivity contribution in [1.29, 1.82) is 0 Å². The van der Waals surface area contributed by atoms with Crippen LogP contribution in [0.4, 0.5) is 0 Å². The number of carbonyl (C=O) groups is 2. The van der Waals surface area contributed by atoms with Crippen LogP contribution in [0.1, 0.15) is 79.1 Å². The van der Waals surface area contributed by atoms with E-state index in [1.54, 1.807) is 6.08 Å². The van der Waals surface area contributed by atoms with Gasteiger partial charge in [0.05, 0.1) is 11.8 Å². The fraction of sp³-hybridized carbons (Fsp3) is 0.810. The summed E-state index contributed by atoms with van der Waals surface area (Å²) in [6.07, 6.45) is 11.1. The van der Waals surface area contributed by atoms with Gasteiger partial charge in [-0.2, -0.15) is 0 Å². The van der Waals surface area contributed by atoms with Crippen molar-refractivity contribution in [2.24, 2.45) is 23.7 Å². The maximum absolute atomic E-state index is 12.5. The third kappa shape index (κ3) is 8.55. The molecule has 0 aromatic carbocycles. The summed E-state index contributed by atoms with van der Waals surface area (Å²) in [5, 5.41) is 9.34. The average Bonchev–Trinajstić information content (AvgIpc) is 2.53. The third-order valence-corrected chi connectivity index (χ3v) is 4.84. The number of carboxylic acids is 1. The van der Waals surface area contributed by atoms with Gasteiger partial charge in [-0.05, 0) is 43.9 Å². The second-order valence-electron chi connectivity index (χ2n) is 8.20. The van der Waals surface area contributed by atoms with Gasteiger partial charge in [0.2, 0.25) is 0 Å². The molecule has 144 valence electrons. The average molecular weight is 353 g/mol. The minimum absolute atomic E-state index is 0.101. The Balaban J connectivity index is 2.54.